The molecule has 0 saturated carbocycles. The van der Waals surface area contributed by atoms with Gasteiger partial charge in [-0.1, -0.05) is 16.8 Å². The van der Waals surface area contributed by atoms with Crippen molar-refractivity contribution >= 4 is 17.5 Å². The largest absolute Gasteiger partial charge is 0.381 e. The molecule has 0 aliphatic carbocycles. The number of nitrogens with one attached hydrogen (secondary N) is 1. The molecule has 8 heteroatoms. The Morgan fingerprint density at radius 3 is 3.00 bits per heavy atom. The van der Waals surface area contributed by atoms with Crippen LogP contribution < -0.4 is 5.32 Å². The summed E-state index contributed by atoms with van der Waals surface area (Å²) < 4.78 is 29.0. The molecule has 1 atom stereocenters. The summed E-state index contributed by atoms with van der Waals surface area (Å²) in [5.41, 5.74) is 0.813. The summed E-state index contributed by atoms with van der Waals surface area (Å²) in [6.45, 7) is 2.24. The van der Waals surface area contributed by atoms with E-state index in [-0.39, 0.29) is 24.8 Å². The second kappa shape index (κ2) is 8.42. The number of nitrogens with zero attached hydrogens (tertiary/aromatic N) is 1. The third kappa shape index (κ3) is 5.26. The standard InChI is InChI=1S/C17H18ClFN2O4/c18-13-3-12(4-14(19)5-13)9-24-10-15-6-16(21-25-15)17(22)20-7-11-1-2-23-8-11/h3-6,11H,1-2,7-10H2,(H,20,22). The van der Waals surface area contributed by atoms with Gasteiger partial charge in [-0.3, -0.25) is 4.79 Å². The molecule has 1 unspecified atom stereocenters. The maximum atomic E-state index is 13.2. The van der Waals surface area contributed by atoms with Crippen molar-refractivity contribution < 1.29 is 23.2 Å². The number of hydrogen-bond donors (Lipinski definition) is 1. The van der Waals surface area contributed by atoms with Crippen molar-refractivity contribution in [2.45, 2.75) is 19.6 Å². The van der Waals surface area contributed by atoms with Crippen LogP contribution in [0.4, 0.5) is 4.39 Å². The fourth-order valence-electron chi connectivity index (χ4n) is 2.52. The summed E-state index contributed by atoms with van der Waals surface area (Å²) in [7, 11) is 0. The molecule has 0 spiro atoms. The maximum absolute atomic E-state index is 13.2. The molecule has 0 radical (unpaired) electrons. The average Bonchev–Trinajstić information content (AvgIpc) is 3.23. The molecule has 1 aromatic carbocycles. The Morgan fingerprint density at radius 2 is 2.24 bits per heavy atom. The van der Waals surface area contributed by atoms with Crippen molar-refractivity contribution in [2.24, 2.45) is 5.92 Å². The van der Waals surface area contributed by atoms with Crippen LogP contribution in [0.5, 0.6) is 0 Å². The van der Waals surface area contributed by atoms with E-state index in [1.807, 2.05) is 0 Å². The summed E-state index contributed by atoms with van der Waals surface area (Å²) in [6.07, 6.45) is 0.947. The van der Waals surface area contributed by atoms with E-state index in [0.717, 1.165) is 13.0 Å². The van der Waals surface area contributed by atoms with E-state index in [1.165, 1.54) is 18.2 Å². The molecule has 1 saturated heterocycles. The van der Waals surface area contributed by atoms with Crippen LogP contribution in [0.1, 0.15) is 28.2 Å². The average molecular weight is 369 g/mol. The number of ether oxygens (including phenoxy) is 2. The van der Waals surface area contributed by atoms with Crippen LogP contribution in [-0.4, -0.2) is 30.8 Å². The second-order valence-electron chi connectivity index (χ2n) is 5.89. The van der Waals surface area contributed by atoms with Gasteiger partial charge in [0.25, 0.3) is 5.91 Å². The van der Waals surface area contributed by atoms with E-state index in [1.54, 1.807) is 6.07 Å². The lowest BCUT2D eigenvalue weighted by Crippen LogP contribution is -2.29. The summed E-state index contributed by atoms with van der Waals surface area (Å²) in [4.78, 5) is 12.0. The third-order valence-corrected chi connectivity index (χ3v) is 4.02. The summed E-state index contributed by atoms with van der Waals surface area (Å²) in [6, 6.07) is 5.72. The minimum Gasteiger partial charge on any atom is -0.381 e. The van der Waals surface area contributed by atoms with Gasteiger partial charge in [0.1, 0.15) is 12.4 Å². The summed E-state index contributed by atoms with van der Waals surface area (Å²) in [5, 5.41) is 6.86. The number of rotatable bonds is 7. The lowest BCUT2D eigenvalue weighted by Gasteiger charge is -2.07. The van der Waals surface area contributed by atoms with Crippen LogP contribution >= 0.6 is 11.6 Å². The lowest BCUT2D eigenvalue weighted by atomic mass is 10.1. The maximum Gasteiger partial charge on any atom is 0.273 e. The number of benzene rings is 1. The molecular formula is C17H18ClFN2O4. The van der Waals surface area contributed by atoms with Crippen molar-refractivity contribution in [1.29, 1.82) is 0 Å². The van der Waals surface area contributed by atoms with Crippen molar-refractivity contribution in [1.82, 2.24) is 10.5 Å². The predicted molar refractivity (Wildman–Crippen MR) is 87.7 cm³/mol. The van der Waals surface area contributed by atoms with Gasteiger partial charge >= 0.3 is 0 Å². The minimum atomic E-state index is -0.419. The highest BCUT2D eigenvalue weighted by molar-refractivity contribution is 6.30. The summed E-state index contributed by atoms with van der Waals surface area (Å²) in [5.74, 6) is 0.0461. The van der Waals surface area contributed by atoms with Gasteiger partial charge < -0.3 is 19.3 Å². The molecule has 1 N–H and O–H groups in total. The van der Waals surface area contributed by atoms with Crippen molar-refractivity contribution in [3.8, 4) is 0 Å². The molecule has 25 heavy (non-hydrogen) atoms. The van der Waals surface area contributed by atoms with Crippen LogP contribution in [0.2, 0.25) is 5.02 Å². The molecule has 1 aliphatic heterocycles. The highest BCUT2D eigenvalue weighted by Gasteiger charge is 2.18. The van der Waals surface area contributed by atoms with Gasteiger partial charge in [0.15, 0.2) is 11.5 Å². The molecule has 3 rings (SSSR count). The number of hydrogen-bond acceptors (Lipinski definition) is 5. The highest BCUT2D eigenvalue weighted by Crippen LogP contribution is 2.16. The Morgan fingerprint density at radius 1 is 1.36 bits per heavy atom. The Labute approximate surface area is 149 Å². The van der Waals surface area contributed by atoms with E-state index in [4.69, 9.17) is 25.6 Å². The number of halogens is 2. The molecule has 1 aromatic heterocycles. The Hall–Kier alpha value is -1.96. The van der Waals surface area contributed by atoms with Crippen LogP contribution in [0.25, 0.3) is 0 Å². The minimum absolute atomic E-state index is 0.116. The molecule has 2 aromatic rings. The molecule has 0 bridgehead atoms. The molecule has 134 valence electrons. The van der Waals surface area contributed by atoms with Gasteiger partial charge in [-0.25, -0.2) is 4.39 Å². The Bertz CT molecular complexity index is 711. The Kier molecular flexibility index (Phi) is 6.01. The van der Waals surface area contributed by atoms with Crippen LogP contribution in [0, 0.1) is 11.7 Å². The van der Waals surface area contributed by atoms with Gasteiger partial charge in [-0.05, 0) is 30.2 Å². The number of carbonyl (C=O) groups excluding carboxylic acids is 1. The first-order valence-electron chi connectivity index (χ1n) is 7.94. The number of amides is 1. The van der Waals surface area contributed by atoms with E-state index >= 15 is 0 Å². The predicted octanol–water partition coefficient (Wildman–Crippen LogP) is 2.95. The molecule has 1 amide bonds. The smallest absolute Gasteiger partial charge is 0.273 e. The van der Waals surface area contributed by atoms with Crippen LogP contribution in [-0.2, 0) is 22.7 Å². The van der Waals surface area contributed by atoms with Gasteiger partial charge in [-0.2, -0.15) is 0 Å². The van der Waals surface area contributed by atoms with Gasteiger partial charge in [0, 0.05) is 30.2 Å². The molecule has 1 aliphatic rings. The van der Waals surface area contributed by atoms with E-state index in [2.05, 4.69) is 10.5 Å². The quantitative estimate of drug-likeness (QED) is 0.813. The van der Waals surface area contributed by atoms with E-state index in [0.29, 0.717) is 35.4 Å². The zero-order valence-corrected chi connectivity index (χ0v) is 14.2. The molecule has 1 fully saturated rings. The summed E-state index contributed by atoms with van der Waals surface area (Å²) >= 11 is 5.78. The number of carbonyl (C=O) groups is 1. The van der Waals surface area contributed by atoms with Crippen molar-refractivity contribution in [3.05, 3.63) is 52.1 Å². The lowest BCUT2D eigenvalue weighted by molar-refractivity contribution is 0.0875. The molecular weight excluding hydrogens is 351 g/mol. The fourth-order valence-corrected chi connectivity index (χ4v) is 2.77. The van der Waals surface area contributed by atoms with Crippen LogP contribution in [0.3, 0.4) is 0 Å². The van der Waals surface area contributed by atoms with E-state index in [9.17, 15) is 9.18 Å². The highest BCUT2D eigenvalue weighted by atomic mass is 35.5. The van der Waals surface area contributed by atoms with Gasteiger partial charge in [0.2, 0.25) is 0 Å². The second-order valence-corrected chi connectivity index (χ2v) is 6.33. The SMILES string of the molecule is O=C(NCC1CCOC1)c1cc(COCc2cc(F)cc(Cl)c2)on1. The molecule has 2 heterocycles. The van der Waals surface area contributed by atoms with Crippen molar-refractivity contribution in [2.75, 3.05) is 19.8 Å². The first-order valence-corrected chi connectivity index (χ1v) is 8.32. The first-order chi connectivity index (χ1) is 12.1. The van der Waals surface area contributed by atoms with E-state index < -0.39 is 5.82 Å². The monoisotopic (exact) mass is 368 g/mol. The molecule has 6 nitrogen and oxygen atoms in total. The van der Waals surface area contributed by atoms with Gasteiger partial charge in [0.05, 0.1) is 13.2 Å². The zero-order valence-electron chi connectivity index (χ0n) is 13.5. The number of aromatic nitrogens is 1. The third-order valence-electron chi connectivity index (χ3n) is 3.80. The first kappa shape index (κ1) is 17.8. The normalized spacial score (nSPS) is 17.0. The zero-order chi connectivity index (χ0) is 17.6. The topological polar surface area (TPSA) is 73.6 Å². The van der Waals surface area contributed by atoms with Crippen LogP contribution in [0.15, 0.2) is 28.8 Å². The Balaban J connectivity index is 1.45. The fraction of sp³-hybridized carbons (Fsp3) is 0.412. The van der Waals surface area contributed by atoms with Crippen molar-refractivity contribution in [3.63, 3.8) is 0 Å². The van der Waals surface area contributed by atoms with Gasteiger partial charge in [-0.15, -0.1) is 0 Å².